The van der Waals surface area contributed by atoms with Crippen LogP contribution in [0.2, 0.25) is 0 Å². The first-order valence-electron chi connectivity index (χ1n) is 24.4. The van der Waals surface area contributed by atoms with Gasteiger partial charge in [-0.3, -0.25) is 0 Å². The number of fused-ring (bicyclic) bond motifs is 6. The van der Waals surface area contributed by atoms with E-state index in [0.29, 0.717) is 0 Å². The zero-order chi connectivity index (χ0) is 47.6. The van der Waals surface area contributed by atoms with Crippen LogP contribution in [-0.2, 0) is 0 Å². The number of benzene rings is 11. The highest BCUT2D eigenvalue weighted by Crippen LogP contribution is 2.53. The van der Waals surface area contributed by atoms with Crippen LogP contribution in [-0.4, -0.2) is 0 Å². The number of hydrogen-bond donors (Lipinski definition) is 0. The third-order valence-corrected chi connectivity index (χ3v) is 14.2. The second kappa shape index (κ2) is 17.1. The summed E-state index contributed by atoms with van der Waals surface area (Å²) in [7, 11) is 0. The molecule has 0 fully saturated rings. The van der Waals surface area contributed by atoms with Gasteiger partial charge in [0.2, 0.25) is 0 Å². The molecular weight excluding hydrogens is 865 g/mol. The molecule has 338 valence electrons. The van der Waals surface area contributed by atoms with Crippen molar-refractivity contribution >= 4 is 116 Å². The molecule has 0 atom stereocenters. The van der Waals surface area contributed by atoms with Gasteiger partial charge in [0.05, 0.1) is 22.7 Å². The normalized spacial score (nSPS) is 12.1. The molecule has 0 unspecified atom stereocenters. The van der Waals surface area contributed by atoms with Gasteiger partial charge in [0.1, 0.15) is 11.2 Å². The molecule has 0 saturated carbocycles. The van der Waals surface area contributed by atoms with Crippen molar-refractivity contribution in [1.29, 1.82) is 0 Å². The number of para-hydroxylation sites is 6. The molecule has 2 aromatic heterocycles. The Hall–Kier alpha value is -9.12. The quantitative estimate of drug-likeness (QED) is 0.0956. The highest BCUT2D eigenvalue weighted by molar-refractivity contribution is 6.32. The fraction of sp³-hybridized carbons (Fsp3) is 0.0448. The van der Waals surface area contributed by atoms with E-state index < -0.39 is 0 Å². The van der Waals surface area contributed by atoms with Crippen molar-refractivity contribution in [3.8, 4) is 11.1 Å². The molecule has 13 rings (SSSR count). The summed E-state index contributed by atoms with van der Waals surface area (Å²) in [5.74, 6) is 0. The zero-order valence-electron chi connectivity index (χ0n) is 39.6. The number of nitrogens with zero attached hydrogens (tertiary/aromatic N) is 2. The molecule has 11 aromatic carbocycles. The maximum absolute atomic E-state index is 6.86. The van der Waals surface area contributed by atoms with Gasteiger partial charge < -0.3 is 18.6 Å². The van der Waals surface area contributed by atoms with E-state index in [4.69, 9.17) is 15.4 Å². The minimum Gasteiger partial charge on any atom is -0.454 e. The first-order valence-corrected chi connectivity index (χ1v) is 24.4. The van der Waals surface area contributed by atoms with Gasteiger partial charge in [-0.15, -0.1) is 0 Å². The van der Waals surface area contributed by atoms with Crippen LogP contribution >= 0.6 is 0 Å². The molecule has 0 radical (unpaired) electrons. The van der Waals surface area contributed by atoms with Gasteiger partial charge in [-0.05, 0) is 113 Å². The molecule has 0 aliphatic carbocycles. The third kappa shape index (κ3) is 6.82. The molecule has 0 bridgehead atoms. The van der Waals surface area contributed by atoms with Gasteiger partial charge in [0, 0.05) is 54.5 Å². The summed E-state index contributed by atoms with van der Waals surface area (Å²) in [5, 5.41) is 11.2. The average molecular weight is 913 g/mol. The molecule has 0 spiro atoms. The van der Waals surface area contributed by atoms with Crippen molar-refractivity contribution in [3.05, 3.63) is 248 Å². The second-order valence-corrected chi connectivity index (χ2v) is 18.3. The first kappa shape index (κ1) is 42.0. The van der Waals surface area contributed by atoms with E-state index in [2.05, 4.69) is 242 Å². The number of hydrogen-bond acceptors (Lipinski definition) is 4. The Morgan fingerprint density at radius 3 is 1.52 bits per heavy atom. The lowest BCUT2D eigenvalue weighted by atomic mass is 9.84. The lowest BCUT2D eigenvalue weighted by Gasteiger charge is -2.31. The lowest BCUT2D eigenvalue weighted by molar-refractivity contribution is 0.669. The summed E-state index contributed by atoms with van der Waals surface area (Å²) in [5.41, 5.74) is 14.9. The predicted molar refractivity (Wildman–Crippen MR) is 302 cm³/mol. The van der Waals surface area contributed by atoms with Crippen molar-refractivity contribution in [3.63, 3.8) is 0 Å². The molecule has 4 nitrogen and oxygen atoms in total. The molecule has 4 heteroatoms. The van der Waals surface area contributed by atoms with E-state index in [1.165, 1.54) is 21.9 Å². The van der Waals surface area contributed by atoms with Crippen molar-refractivity contribution in [1.82, 2.24) is 0 Å². The van der Waals surface area contributed by atoms with Crippen LogP contribution in [0.3, 0.4) is 0 Å². The maximum atomic E-state index is 6.86. The zero-order valence-corrected chi connectivity index (χ0v) is 39.6. The Morgan fingerprint density at radius 1 is 0.437 bits per heavy atom. The molecule has 71 heavy (non-hydrogen) atoms. The van der Waals surface area contributed by atoms with Crippen LogP contribution in [0.5, 0.6) is 0 Å². The maximum Gasteiger partial charge on any atom is 0.159 e. The van der Waals surface area contributed by atoms with E-state index in [9.17, 15) is 0 Å². The van der Waals surface area contributed by atoms with Gasteiger partial charge in [0.25, 0.3) is 0 Å². The largest absolute Gasteiger partial charge is 0.454 e. The fourth-order valence-corrected chi connectivity index (χ4v) is 11.0. The minimum atomic E-state index is 0.829. The van der Waals surface area contributed by atoms with Gasteiger partial charge in [-0.2, -0.15) is 0 Å². The first-order chi connectivity index (χ1) is 35.1. The van der Waals surface area contributed by atoms with Crippen molar-refractivity contribution in [2.75, 3.05) is 9.80 Å². The summed E-state index contributed by atoms with van der Waals surface area (Å²) >= 11 is 0. The number of furan rings is 2. The summed E-state index contributed by atoms with van der Waals surface area (Å²) in [6, 6.07) is 73.9. The van der Waals surface area contributed by atoms with Crippen molar-refractivity contribution < 1.29 is 8.83 Å². The van der Waals surface area contributed by atoms with Gasteiger partial charge in [-0.1, -0.05) is 183 Å². The highest BCUT2D eigenvalue weighted by Gasteiger charge is 2.28. The van der Waals surface area contributed by atoms with Gasteiger partial charge in [0.15, 0.2) is 11.2 Å². The SMILES string of the molecule is C=C(/C=C\C=C/CC)c1cc(N(c2ccccc2)c2cccc3c2oc2ccccc23)c2ccc3c(-c4ccccc4C)cc(N(c4ccccc4)c4cccc5c4oc4ccccc45)c4ccc1c2c34. The Labute approximate surface area is 412 Å². The Bertz CT molecular complexity index is 4250. The topological polar surface area (TPSA) is 32.8 Å². The van der Waals surface area contributed by atoms with Crippen LogP contribution in [0.4, 0.5) is 34.1 Å². The second-order valence-electron chi connectivity index (χ2n) is 18.3. The Balaban J connectivity index is 1.19. The van der Waals surface area contributed by atoms with E-state index in [-0.39, 0.29) is 0 Å². The number of aryl methyl sites for hydroxylation is 1. The number of rotatable bonds is 11. The van der Waals surface area contributed by atoms with E-state index in [1.807, 2.05) is 12.1 Å². The van der Waals surface area contributed by atoms with Crippen LogP contribution < -0.4 is 9.80 Å². The molecule has 0 saturated heterocycles. The Kier molecular flexibility index (Phi) is 10.1. The summed E-state index contributed by atoms with van der Waals surface area (Å²) in [6.45, 7) is 9.17. The molecule has 13 aromatic rings. The summed E-state index contributed by atoms with van der Waals surface area (Å²) in [6.07, 6.45) is 9.49. The van der Waals surface area contributed by atoms with E-state index in [0.717, 1.165) is 123 Å². The van der Waals surface area contributed by atoms with Crippen LogP contribution in [0.25, 0.3) is 92.9 Å². The van der Waals surface area contributed by atoms with Gasteiger partial charge >= 0.3 is 0 Å². The number of allylic oxidation sites excluding steroid dienone is 5. The van der Waals surface area contributed by atoms with E-state index >= 15 is 0 Å². The predicted octanol–water partition coefficient (Wildman–Crippen LogP) is 19.8. The van der Waals surface area contributed by atoms with Crippen LogP contribution in [0.15, 0.2) is 246 Å². The van der Waals surface area contributed by atoms with Crippen LogP contribution in [0, 0.1) is 6.92 Å². The van der Waals surface area contributed by atoms with Gasteiger partial charge in [-0.25, -0.2) is 0 Å². The molecule has 0 aliphatic rings. The minimum absolute atomic E-state index is 0.829. The lowest BCUT2D eigenvalue weighted by Crippen LogP contribution is -2.12. The smallest absolute Gasteiger partial charge is 0.159 e. The number of anilines is 6. The molecular formula is C67H48N2O2. The summed E-state index contributed by atoms with van der Waals surface area (Å²) in [4.78, 5) is 4.79. The molecule has 0 N–H and O–H groups in total. The monoisotopic (exact) mass is 912 g/mol. The molecule has 2 heterocycles. The van der Waals surface area contributed by atoms with E-state index in [1.54, 1.807) is 0 Å². The van der Waals surface area contributed by atoms with Crippen molar-refractivity contribution in [2.24, 2.45) is 0 Å². The highest BCUT2D eigenvalue weighted by atomic mass is 16.3. The fourth-order valence-electron chi connectivity index (χ4n) is 11.0. The standard InChI is InChI=1S/C67H48N2O2/c1-4-5-6-9-22-44(3)56-41-60(68(45-24-10-7-11-25-45)58-33-20-31-52-48-29-16-18-35-62(48)70-66(52)58)54-40-38-51-57(47-28-15-14-23-43(47)2)42-61(55-39-37-50(56)64(54)65(51)55)69(46-26-12-8-13-27-46)59-34-21-32-53-49-30-17-19-36-63(49)71-67(53)59/h5-42H,3-4H2,1-2H3/b6-5-,22-9-. The Morgan fingerprint density at radius 2 is 0.930 bits per heavy atom. The van der Waals surface area contributed by atoms with Crippen LogP contribution in [0.1, 0.15) is 24.5 Å². The molecule has 0 aliphatic heterocycles. The molecule has 0 amide bonds. The average Bonchev–Trinajstić information content (AvgIpc) is 4.00. The van der Waals surface area contributed by atoms with Crippen molar-refractivity contribution in [2.45, 2.75) is 20.3 Å². The third-order valence-electron chi connectivity index (χ3n) is 14.2. The summed E-state index contributed by atoms with van der Waals surface area (Å²) < 4.78 is 13.7.